The summed E-state index contributed by atoms with van der Waals surface area (Å²) in [4.78, 5) is 41.2. The molecule has 0 radical (unpaired) electrons. The Morgan fingerprint density at radius 3 is 2.62 bits per heavy atom. The molecule has 176 valence electrons. The molecule has 0 fully saturated rings. The second-order valence-corrected chi connectivity index (χ2v) is 8.06. The number of hydrogen-bond donors (Lipinski definition) is 1. The van der Waals surface area contributed by atoms with Crippen LogP contribution in [0.3, 0.4) is 0 Å². The first kappa shape index (κ1) is 23.2. The Balaban J connectivity index is 1.61. The largest absolute Gasteiger partial charge is 0.419 e. The minimum absolute atomic E-state index is 0.00922. The number of nitrogens with zero attached hydrogens (tertiary/aromatic N) is 5. The average Bonchev–Trinajstić information content (AvgIpc) is 3.23. The monoisotopic (exact) mass is 494 g/mol. The Labute approximate surface area is 191 Å². The second-order valence-electron chi connectivity index (χ2n) is 7.20. The third-order valence-electron chi connectivity index (χ3n) is 5.00. The topological polar surface area (TPSA) is 112 Å². The number of aryl methyl sites for hydroxylation is 1. The van der Waals surface area contributed by atoms with Gasteiger partial charge in [0.1, 0.15) is 5.82 Å². The minimum Gasteiger partial charge on any atom is -0.302 e. The number of thiazole rings is 1. The normalized spacial score (nSPS) is 11.7. The highest BCUT2D eigenvalue weighted by Crippen LogP contribution is 2.36. The van der Waals surface area contributed by atoms with Crippen LogP contribution in [0.15, 0.2) is 39.4 Å². The summed E-state index contributed by atoms with van der Waals surface area (Å²) in [5.41, 5.74) is -2.90. The van der Waals surface area contributed by atoms with Crippen LogP contribution in [0.2, 0.25) is 0 Å². The molecule has 4 aromatic rings. The number of alkyl halides is 3. The van der Waals surface area contributed by atoms with Crippen LogP contribution in [-0.2, 0) is 31.5 Å². The standard InChI is InChI=1S/C20H14F4N6O3S/c1-29-16-14(17(32)30(2)19(29)33)9(7-25-28-16)6-13(31)27-18-26-12(8-34-18)10-4-3-5-11(15(10)21)20(22,23)24/h3-5,7-8H,6H2,1-2H3,(H,26,27,31). The summed E-state index contributed by atoms with van der Waals surface area (Å²) >= 11 is 0.889. The van der Waals surface area contributed by atoms with E-state index in [4.69, 9.17) is 0 Å². The van der Waals surface area contributed by atoms with Crippen LogP contribution in [-0.4, -0.2) is 30.2 Å². The molecule has 4 rings (SSSR count). The summed E-state index contributed by atoms with van der Waals surface area (Å²) in [6.07, 6.45) is -3.97. The van der Waals surface area contributed by atoms with Crippen molar-refractivity contribution in [2.24, 2.45) is 14.1 Å². The summed E-state index contributed by atoms with van der Waals surface area (Å²) < 4.78 is 55.3. The van der Waals surface area contributed by atoms with Crippen molar-refractivity contribution in [1.82, 2.24) is 24.3 Å². The molecule has 9 nitrogen and oxygen atoms in total. The molecule has 14 heteroatoms. The van der Waals surface area contributed by atoms with Gasteiger partial charge in [0.05, 0.1) is 29.3 Å². The van der Waals surface area contributed by atoms with Crippen molar-refractivity contribution in [1.29, 1.82) is 0 Å². The summed E-state index contributed by atoms with van der Waals surface area (Å²) in [6.45, 7) is 0. The maximum absolute atomic E-state index is 14.4. The summed E-state index contributed by atoms with van der Waals surface area (Å²) in [6, 6.07) is 2.84. The lowest BCUT2D eigenvalue weighted by Crippen LogP contribution is -2.38. The number of nitrogens with one attached hydrogen (secondary N) is 1. The zero-order chi connectivity index (χ0) is 24.8. The second kappa shape index (κ2) is 8.44. The number of rotatable bonds is 4. The van der Waals surface area contributed by atoms with Gasteiger partial charge in [-0.3, -0.25) is 18.7 Å². The van der Waals surface area contributed by atoms with Gasteiger partial charge < -0.3 is 5.32 Å². The predicted molar refractivity (Wildman–Crippen MR) is 115 cm³/mol. The van der Waals surface area contributed by atoms with Gasteiger partial charge in [0.2, 0.25) is 5.91 Å². The van der Waals surface area contributed by atoms with E-state index in [0.29, 0.717) is 6.07 Å². The number of carbonyl (C=O) groups is 1. The quantitative estimate of drug-likeness (QED) is 0.437. The Morgan fingerprint density at radius 1 is 1.18 bits per heavy atom. The highest BCUT2D eigenvalue weighted by atomic mass is 32.1. The van der Waals surface area contributed by atoms with Crippen LogP contribution >= 0.6 is 11.3 Å². The van der Waals surface area contributed by atoms with Crippen molar-refractivity contribution in [3.05, 3.63) is 67.6 Å². The van der Waals surface area contributed by atoms with E-state index in [1.807, 2.05) is 0 Å². The smallest absolute Gasteiger partial charge is 0.302 e. The molecule has 0 bridgehead atoms. The molecule has 0 spiro atoms. The lowest BCUT2D eigenvalue weighted by molar-refractivity contribution is -0.139. The molecule has 1 aromatic carbocycles. The first-order chi connectivity index (χ1) is 16.0. The van der Waals surface area contributed by atoms with Crippen molar-refractivity contribution in [2.75, 3.05) is 5.32 Å². The van der Waals surface area contributed by atoms with Gasteiger partial charge in [0.25, 0.3) is 5.56 Å². The van der Waals surface area contributed by atoms with Crippen molar-refractivity contribution in [2.45, 2.75) is 12.6 Å². The number of anilines is 1. The zero-order valence-corrected chi connectivity index (χ0v) is 18.3. The van der Waals surface area contributed by atoms with Gasteiger partial charge >= 0.3 is 11.9 Å². The summed E-state index contributed by atoms with van der Waals surface area (Å²) in [5, 5.41) is 11.4. The average molecular weight is 494 g/mol. The van der Waals surface area contributed by atoms with Gasteiger partial charge in [-0.25, -0.2) is 14.2 Å². The van der Waals surface area contributed by atoms with E-state index >= 15 is 0 Å². The van der Waals surface area contributed by atoms with Crippen molar-refractivity contribution in [3.8, 4) is 11.3 Å². The van der Waals surface area contributed by atoms with Gasteiger partial charge in [-0.15, -0.1) is 16.4 Å². The molecule has 34 heavy (non-hydrogen) atoms. The van der Waals surface area contributed by atoms with Gasteiger partial charge in [-0.2, -0.15) is 18.3 Å². The number of benzene rings is 1. The Kier molecular flexibility index (Phi) is 5.77. The molecule has 0 atom stereocenters. The fraction of sp³-hybridized carbons (Fsp3) is 0.200. The number of fused-ring (bicyclic) bond motifs is 1. The van der Waals surface area contributed by atoms with Gasteiger partial charge in [0.15, 0.2) is 10.8 Å². The fourth-order valence-corrected chi connectivity index (χ4v) is 4.05. The van der Waals surface area contributed by atoms with Crippen molar-refractivity contribution >= 4 is 33.4 Å². The van der Waals surface area contributed by atoms with Crippen LogP contribution in [0, 0.1) is 5.82 Å². The molecule has 0 saturated heterocycles. The fourth-order valence-electron chi connectivity index (χ4n) is 3.32. The van der Waals surface area contributed by atoms with E-state index in [1.54, 1.807) is 0 Å². The van der Waals surface area contributed by atoms with E-state index < -0.39 is 34.7 Å². The maximum atomic E-state index is 14.4. The van der Waals surface area contributed by atoms with Gasteiger partial charge in [0, 0.05) is 25.0 Å². The van der Waals surface area contributed by atoms with Crippen LogP contribution in [0.25, 0.3) is 22.3 Å². The third-order valence-corrected chi connectivity index (χ3v) is 5.76. The van der Waals surface area contributed by atoms with E-state index in [0.717, 1.165) is 32.6 Å². The highest BCUT2D eigenvalue weighted by molar-refractivity contribution is 7.14. The number of halogens is 4. The molecule has 3 heterocycles. The molecule has 0 aliphatic heterocycles. The number of carbonyl (C=O) groups excluding carboxylic acids is 1. The van der Waals surface area contributed by atoms with E-state index in [1.165, 1.54) is 25.7 Å². The Morgan fingerprint density at radius 2 is 1.91 bits per heavy atom. The lowest BCUT2D eigenvalue weighted by atomic mass is 10.1. The van der Waals surface area contributed by atoms with E-state index in [2.05, 4.69) is 20.5 Å². The lowest BCUT2D eigenvalue weighted by Gasteiger charge is -2.10. The number of hydrogen-bond acceptors (Lipinski definition) is 7. The Hall–Kier alpha value is -3.94. The third kappa shape index (κ3) is 4.07. The van der Waals surface area contributed by atoms with Gasteiger partial charge in [-0.1, -0.05) is 6.07 Å². The summed E-state index contributed by atoms with van der Waals surface area (Å²) in [5.74, 6) is -2.08. The molecule has 1 amide bonds. The summed E-state index contributed by atoms with van der Waals surface area (Å²) in [7, 11) is 2.70. The Bertz CT molecular complexity index is 1560. The molecular formula is C20H14F4N6O3S. The van der Waals surface area contributed by atoms with Crippen molar-refractivity contribution in [3.63, 3.8) is 0 Å². The van der Waals surface area contributed by atoms with E-state index in [-0.39, 0.29) is 39.4 Å². The first-order valence-electron chi connectivity index (χ1n) is 9.50. The molecular weight excluding hydrogens is 480 g/mol. The van der Waals surface area contributed by atoms with Crippen LogP contribution in [0.4, 0.5) is 22.7 Å². The molecule has 3 aromatic heterocycles. The first-order valence-corrected chi connectivity index (χ1v) is 10.4. The van der Waals surface area contributed by atoms with Gasteiger partial charge in [-0.05, 0) is 17.7 Å². The predicted octanol–water partition coefficient (Wildman–Crippen LogP) is 2.49. The minimum atomic E-state index is -4.87. The van der Waals surface area contributed by atoms with Crippen LogP contribution < -0.4 is 16.6 Å². The zero-order valence-electron chi connectivity index (χ0n) is 17.5. The number of amides is 1. The molecule has 0 saturated carbocycles. The molecule has 0 unspecified atom stereocenters. The van der Waals surface area contributed by atoms with Crippen molar-refractivity contribution < 1.29 is 22.4 Å². The molecule has 0 aliphatic rings. The van der Waals surface area contributed by atoms with Crippen LogP contribution in [0.1, 0.15) is 11.1 Å². The van der Waals surface area contributed by atoms with E-state index in [9.17, 15) is 31.9 Å². The van der Waals surface area contributed by atoms with Crippen LogP contribution in [0.5, 0.6) is 0 Å². The SMILES string of the molecule is Cn1c(=O)c2c(CC(=O)Nc3nc(-c4cccc(C(F)(F)F)c4F)cs3)cnnc2n(C)c1=O. The number of aromatic nitrogens is 5. The maximum Gasteiger partial charge on any atom is 0.419 e. The molecule has 0 aliphatic carbocycles. The highest BCUT2D eigenvalue weighted by Gasteiger charge is 2.35. The molecule has 1 N–H and O–H groups in total.